The second kappa shape index (κ2) is 4.82. The molecule has 2 aliphatic carbocycles. The Balaban J connectivity index is 1.93. The molecule has 2 fully saturated rings. The molecule has 4 nitrogen and oxygen atoms in total. The van der Waals surface area contributed by atoms with Gasteiger partial charge in [-0.15, -0.1) is 0 Å². The van der Waals surface area contributed by atoms with E-state index in [4.69, 9.17) is 0 Å². The lowest BCUT2D eigenvalue weighted by Gasteiger charge is -2.37. The number of hydrogen-bond donors (Lipinski definition) is 0. The van der Waals surface area contributed by atoms with Crippen molar-refractivity contribution in [1.82, 2.24) is 0 Å². The van der Waals surface area contributed by atoms with Crippen molar-refractivity contribution in [2.75, 3.05) is 17.1 Å². The van der Waals surface area contributed by atoms with Crippen molar-refractivity contribution in [3.63, 3.8) is 0 Å². The van der Waals surface area contributed by atoms with Crippen molar-refractivity contribution < 1.29 is 13.2 Å². The van der Waals surface area contributed by atoms with Crippen LogP contribution in [-0.4, -0.2) is 27.0 Å². The molecule has 0 unspecified atom stereocenters. The second-order valence-corrected chi connectivity index (χ2v) is 9.23. The maximum absolute atomic E-state index is 12.9. The molecule has 1 aromatic rings. The fraction of sp³-hybridized carbons (Fsp3) is 0.588. The maximum Gasteiger partial charge on any atom is 0.235 e. The highest BCUT2D eigenvalue weighted by Gasteiger charge is 2.65. The minimum absolute atomic E-state index is 0.0757. The van der Waals surface area contributed by atoms with Crippen LogP contribution in [0.4, 0.5) is 5.69 Å². The Bertz CT molecular complexity index is 696. The molecule has 0 saturated heterocycles. The summed E-state index contributed by atoms with van der Waals surface area (Å²) in [6, 6.07) is 9.03. The van der Waals surface area contributed by atoms with Crippen molar-refractivity contribution in [2.24, 2.45) is 16.7 Å². The van der Waals surface area contributed by atoms with Gasteiger partial charge in [-0.3, -0.25) is 9.10 Å². The van der Waals surface area contributed by atoms with Gasteiger partial charge in [0, 0.05) is 13.5 Å². The van der Waals surface area contributed by atoms with E-state index in [2.05, 4.69) is 13.8 Å². The Hall–Kier alpha value is -1.36. The van der Waals surface area contributed by atoms with Crippen molar-refractivity contribution >= 4 is 21.5 Å². The Kier molecular flexibility index (Phi) is 3.40. The molecule has 3 rings (SSSR count). The zero-order valence-electron chi connectivity index (χ0n) is 13.4. The van der Waals surface area contributed by atoms with E-state index in [-0.39, 0.29) is 17.0 Å². The Morgan fingerprint density at radius 2 is 1.86 bits per heavy atom. The molecule has 1 aromatic carbocycles. The lowest BCUT2D eigenvalue weighted by Crippen LogP contribution is -2.45. The summed E-state index contributed by atoms with van der Waals surface area (Å²) in [6.45, 7) is 4.13. The van der Waals surface area contributed by atoms with Crippen molar-refractivity contribution in [3.05, 3.63) is 30.3 Å². The quantitative estimate of drug-likeness (QED) is 0.857. The normalized spacial score (nSPS) is 29.8. The van der Waals surface area contributed by atoms with E-state index in [0.29, 0.717) is 24.4 Å². The fourth-order valence-corrected chi connectivity index (χ4v) is 6.25. The van der Waals surface area contributed by atoms with Crippen LogP contribution in [0.15, 0.2) is 30.3 Å². The van der Waals surface area contributed by atoms with Crippen LogP contribution in [0.5, 0.6) is 0 Å². The van der Waals surface area contributed by atoms with Crippen LogP contribution in [0, 0.1) is 16.7 Å². The monoisotopic (exact) mass is 321 g/mol. The van der Waals surface area contributed by atoms with Crippen LogP contribution in [0.2, 0.25) is 0 Å². The van der Waals surface area contributed by atoms with Gasteiger partial charge < -0.3 is 0 Å². The number of para-hydroxylation sites is 1. The predicted molar refractivity (Wildman–Crippen MR) is 87.2 cm³/mol. The Labute approximate surface area is 132 Å². The molecule has 120 valence electrons. The average molecular weight is 321 g/mol. The van der Waals surface area contributed by atoms with Gasteiger partial charge in [0.05, 0.1) is 16.9 Å². The van der Waals surface area contributed by atoms with E-state index >= 15 is 0 Å². The first-order chi connectivity index (χ1) is 10.2. The largest absolute Gasteiger partial charge is 0.299 e. The summed E-state index contributed by atoms with van der Waals surface area (Å²) >= 11 is 0. The Morgan fingerprint density at radius 1 is 1.23 bits per heavy atom. The first kappa shape index (κ1) is 15.5. The molecule has 0 radical (unpaired) electrons. The van der Waals surface area contributed by atoms with E-state index in [0.717, 1.165) is 6.42 Å². The standard InChI is InChI=1S/C17H23NO3S/c1-16(2)13-9-10-17(16,15(19)11-13)12-22(20,21)18(3)14-7-5-4-6-8-14/h4-8,13H,9-12H2,1-3H3/t13-,17+/m0/s1. The number of benzene rings is 1. The molecular formula is C17H23NO3S. The second-order valence-electron chi connectivity index (χ2n) is 7.23. The molecule has 22 heavy (non-hydrogen) atoms. The van der Waals surface area contributed by atoms with E-state index in [1.165, 1.54) is 4.31 Å². The molecular weight excluding hydrogens is 298 g/mol. The predicted octanol–water partition coefficient (Wildman–Crippen LogP) is 2.85. The fourth-order valence-electron chi connectivity index (χ4n) is 4.31. The molecule has 0 amide bonds. The number of fused-ring (bicyclic) bond motifs is 2. The van der Waals surface area contributed by atoms with Gasteiger partial charge in [0.15, 0.2) is 0 Å². The van der Waals surface area contributed by atoms with E-state index in [1.54, 1.807) is 19.2 Å². The molecule has 0 aromatic heterocycles. The zero-order valence-corrected chi connectivity index (χ0v) is 14.2. The molecule has 2 bridgehead atoms. The number of hydrogen-bond acceptors (Lipinski definition) is 3. The van der Waals surface area contributed by atoms with Crippen LogP contribution >= 0.6 is 0 Å². The van der Waals surface area contributed by atoms with Crippen LogP contribution < -0.4 is 4.31 Å². The average Bonchev–Trinajstić information content (AvgIpc) is 2.81. The minimum Gasteiger partial charge on any atom is -0.299 e. The van der Waals surface area contributed by atoms with Gasteiger partial charge in [0.25, 0.3) is 0 Å². The highest BCUT2D eigenvalue weighted by atomic mass is 32.2. The van der Waals surface area contributed by atoms with Gasteiger partial charge in [-0.2, -0.15) is 0 Å². The highest BCUT2D eigenvalue weighted by Crippen LogP contribution is 2.64. The van der Waals surface area contributed by atoms with Gasteiger partial charge in [0.1, 0.15) is 5.78 Å². The number of anilines is 1. The van der Waals surface area contributed by atoms with E-state index in [1.807, 2.05) is 18.2 Å². The van der Waals surface area contributed by atoms with Crippen molar-refractivity contribution in [3.8, 4) is 0 Å². The molecule has 2 atom stereocenters. The summed E-state index contributed by atoms with van der Waals surface area (Å²) in [7, 11) is -1.96. The summed E-state index contributed by atoms with van der Waals surface area (Å²) in [6.07, 6.45) is 2.20. The van der Waals surface area contributed by atoms with Crippen molar-refractivity contribution in [2.45, 2.75) is 33.1 Å². The SMILES string of the molecule is CN(c1ccccc1)S(=O)(=O)C[C@]12CC[C@@H](CC1=O)C2(C)C. The molecule has 0 N–H and O–H groups in total. The van der Waals surface area contributed by atoms with Gasteiger partial charge in [0.2, 0.25) is 10.0 Å². The first-order valence-corrected chi connectivity index (χ1v) is 9.37. The van der Waals surface area contributed by atoms with Crippen LogP contribution in [0.3, 0.4) is 0 Å². The van der Waals surface area contributed by atoms with Gasteiger partial charge >= 0.3 is 0 Å². The smallest absolute Gasteiger partial charge is 0.235 e. The lowest BCUT2D eigenvalue weighted by atomic mass is 9.70. The van der Waals surface area contributed by atoms with Crippen LogP contribution in [-0.2, 0) is 14.8 Å². The number of carbonyl (C=O) groups is 1. The van der Waals surface area contributed by atoms with Gasteiger partial charge in [-0.05, 0) is 36.3 Å². The summed E-state index contributed by atoms with van der Waals surface area (Å²) in [5, 5.41) is 0. The topological polar surface area (TPSA) is 54.5 Å². The molecule has 0 aliphatic heterocycles. The molecule has 2 aliphatic rings. The molecule has 2 saturated carbocycles. The minimum atomic E-state index is -3.53. The summed E-state index contributed by atoms with van der Waals surface area (Å²) in [5.74, 6) is 0.393. The molecule has 0 spiro atoms. The van der Waals surface area contributed by atoms with Crippen LogP contribution in [0.1, 0.15) is 33.1 Å². The first-order valence-electron chi connectivity index (χ1n) is 7.76. The number of Topliss-reactive ketones (excluding diaryl/α,β-unsaturated/α-hetero) is 1. The van der Waals surface area contributed by atoms with Crippen molar-refractivity contribution in [1.29, 1.82) is 0 Å². The molecule has 5 heteroatoms. The van der Waals surface area contributed by atoms with Gasteiger partial charge in [-0.1, -0.05) is 32.0 Å². The third-order valence-corrected chi connectivity index (χ3v) is 8.01. The van der Waals surface area contributed by atoms with E-state index in [9.17, 15) is 13.2 Å². The number of ketones is 1. The number of nitrogens with zero attached hydrogens (tertiary/aromatic N) is 1. The lowest BCUT2D eigenvalue weighted by molar-refractivity contribution is -0.128. The van der Waals surface area contributed by atoms with Crippen LogP contribution in [0.25, 0.3) is 0 Å². The number of rotatable bonds is 4. The number of carbonyl (C=O) groups excluding carboxylic acids is 1. The zero-order chi connectivity index (χ0) is 16.2. The third kappa shape index (κ3) is 2.02. The highest BCUT2D eigenvalue weighted by molar-refractivity contribution is 7.92. The van der Waals surface area contributed by atoms with Gasteiger partial charge in [-0.25, -0.2) is 8.42 Å². The summed E-state index contributed by atoms with van der Waals surface area (Å²) < 4.78 is 27.1. The molecule has 0 heterocycles. The summed E-state index contributed by atoms with van der Waals surface area (Å²) in [5.41, 5.74) is -0.300. The maximum atomic E-state index is 12.9. The van der Waals surface area contributed by atoms with E-state index < -0.39 is 15.4 Å². The third-order valence-electron chi connectivity index (χ3n) is 6.11. The summed E-state index contributed by atoms with van der Waals surface area (Å²) in [4.78, 5) is 12.5. The number of sulfonamides is 1. The Morgan fingerprint density at radius 3 is 2.36 bits per heavy atom.